The quantitative estimate of drug-likeness (QED) is 0.793. The van der Waals surface area contributed by atoms with E-state index in [4.69, 9.17) is 21.1 Å². The Hall–Kier alpha value is -2.20. The van der Waals surface area contributed by atoms with Gasteiger partial charge < -0.3 is 14.4 Å². The van der Waals surface area contributed by atoms with E-state index in [1.165, 1.54) is 10.5 Å². The molecule has 0 fully saturated rings. The number of fused-ring (bicyclic) bond motifs is 1. The molecule has 0 unspecified atom stereocenters. The van der Waals surface area contributed by atoms with Crippen LogP contribution in [0.15, 0.2) is 42.5 Å². The van der Waals surface area contributed by atoms with Crippen LogP contribution in [0.4, 0.5) is 4.79 Å². The number of amides is 1. The Balaban J connectivity index is 1.80. The molecule has 1 amide bonds. The molecule has 1 aliphatic rings. The summed E-state index contributed by atoms with van der Waals surface area (Å²) in [5, 5.41) is 0.421. The van der Waals surface area contributed by atoms with Gasteiger partial charge in [0, 0.05) is 26.1 Å². The van der Waals surface area contributed by atoms with Crippen LogP contribution >= 0.6 is 11.6 Å². The Morgan fingerprint density at radius 1 is 1.28 bits per heavy atom. The van der Waals surface area contributed by atoms with Gasteiger partial charge in [0.1, 0.15) is 5.75 Å². The van der Waals surface area contributed by atoms with Crippen LogP contribution < -0.4 is 9.47 Å². The molecule has 25 heavy (non-hydrogen) atoms. The van der Waals surface area contributed by atoms with Crippen LogP contribution in [0.1, 0.15) is 24.0 Å². The lowest BCUT2D eigenvalue weighted by molar-refractivity contribution is 0.170. The number of halogens is 1. The number of ether oxygens (including phenoxy) is 2. The molecule has 2 aromatic carbocycles. The van der Waals surface area contributed by atoms with Crippen molar-refractivity contribution in [2.75, 3.05) is 20.7 Å². The summed E-state index contributed by atoms with van der Waals surface area (Å²) in [4.78, 5) is 13.1. The summed E-state index contributed by atoms with van der Waals surface area (Å²) < 4.78 is 11.3. The van der Waals surface area contributed by atoms with Gasteiger partial charge in [-0.05, 0) is 29.5 Å². The maximum atomic E-state index is 11.8. The van der Waals surface area contributed by atoms with E-state index in [9.17, 15) is 4.79 Å². The molecule has 0 bridgehead atoms. The van der Waals surface area contributed by atoms with E-state index in [0.717, 1.165) is 17.7 Å². The van der Waals surface area contributed by atoms with Crippen LogP contribution in [0.3, 0.4) is 0 Å². The number of hydrogen-bond donors (Lipinski definition) is 0. The molecule has 2 aromatic rings. The third-order valence-electron chi connectivity index (χ3n) is 4.62. The highest BCUT2D eigenvalue weighted by molar-refractivity contribution is 6.32. The average Bonchev–Trinajstić information content (AvgIpc) is 2.59. The zero-order valence-corrected chi connectivity index (χ0v) is 15.4. The fourth-order valence-electron chi connectivity index (χ4n) is 3.04. The van der Waals surface area contributed by atoms with Gasteiger partial charge >= 0.3 is 6.09 Å². The third kappa shape index (κ3) is 3.90. The monoisotopic (exact) mass is 359 g/mol. The largest absolute Gasteiger partial charge is 0.493 e. The van der Waals surface area contributed by atoms with Gasteiger partial charge in [0.15, 0.2) is 5.75 Å². The lowest BCUT2D eigenvalue weighted by Crippen LogP contribution is -2.27. The van der Waals surface area contributed by atoms with Gasteiger partial charge in [-0.3, -0.25) is 0 Å². The summed E-state index contributed by atoms with van der Waals surface area (Å²) in [6.45, 7) is 2.82. The highest BCUT2D eigenvalue weighted by Crippen LogP contribution is 2.43. The minimum Gasteiger partial charge on any atom is -0.493 e. The zero-order valence-electron chi connectivity index (χ0n) is 14.7. The van der Waals surface area contributed by atoms with Gasteiger partial charge in [0.25, 0.3) is 0 Å². The number of hydrogen-bond acceptors (Lipinski definition) is 3. The molecule has 3 rings (SSSR count). The van der Waals surface area contributed by atoms with Crippen LogP contribution in [0.25, 0.3) is 0 Å². The normalized spacial score (nSPS) is 18.9. The highest BCUT2D eigenvalue weighted by atomic mass is 35.5. The lowest BCUT2D eigenvalue weighted by atomic mass is 9.82. The SMILES string of the molecule is C[C@@H]1c2cc(Cl)c(OC(=O)N(C)C)cc2OC[C@@H]1Cc1ccccc1. The van der Waals surface area contributed by atoms with E-state index in [2.05, 4.69) is 31.2 Å². The summed E-state index contributed by atoms with van der Waals surface area (Å²) in [5.74, 6) is 1.75. The molecule has 5 heteroatoms. The van der Waals surface area contributed by atoms with Crippen LogP contribution in [-0.2, 0) is 6.42 Å². The van der Waals surface area contributed by atoms with E-state index in [0.29, 0.717) is 29.2 Å². The van der Waals surface area contributed by atoms with Gasteiger partial charge in [-0.15, -0.1) is 0 Å². The predicted octanol–water partition coefficient (Wildman–Crippen LogP) is 4.76. The summed E-state index contributed by atoms with van der Waals surface area (Å²) >= 11 is 6.33. The predicted molar refractivity (Wildman–Crippen MR) is 98.7 cm³/mol. The van der Waals surface area contributed by atoms with Gasteiger partial charge in [0.05, 0.1) is 11.6 Å². The first-order valence-corrected chi connectivity index (χ1v) is 8.72. The molecule has 0 saturated carbocycles. The highest BCUT2D eigenvalue weighted by Gasteiger charge is 2.29. The molecule has 0 aliphatic carbocycles. The molecule has 2 atom stereocenters. The first-order valence-electron chi connectivity index (χ1n) is 8.35. The van der Waals surface area contributed by atoms with Crippen LogP contribution in [0.2, 0.25) is 5.02 Å². The summed E-state index contributed by atoms with van der Waals surface area (Å²) in [5.41, 5.74) is 2.36. The molecular weight excluding hydrogens is 338 g/mol. The van der Waals surface area contributed by atoms with Gasteiger partial charge in [-0.2, -0.15) is 0 Å². The Morgan fingerprint density at radius 3 is 2.68 bits per heavy atom. The zero-order chi connectivity index (χ0) is 18.0. The number of rotatable bonds is 3. The second-order valence-corrected chi connectivity index (χ2v) is 7.04. The molecule has 132 valence electrons. The minimum atomic E-state index is -0.465. The van der Waals surface area contributed by atoms with Crippen molar-refractivity contribution in [2.24, 2.45) is 5.92 Å². The average molecular weight is 360 g/mol. The van der Waals surface area contributed by atoms with Gasteiger partial charge in [0.2, 0.25) is 0 Å². The van der Waals surface area contributed by atoms with Crippen molar-refractivity contribution in [3.63, 3.8) is 0 Å². The molecular formula is C20H22ClNO3. The van der Waals surface area contributed by atoms with E-state index in [1.54, 1.807) is 20.2 Å². The standard InChI is InChI=1S/C20H22ClNO3/c1-13-15(9-14-7-5-4-6-8-14)12-24-18-11-19(17(21)10-16(13)18)25-20(23)22(2)3/h4-8,10-11,13,15H,9,12H2,1-3H3/t13-,15-/m0/s1. The van der Waals surface area contributed by atoms with Gasteiger partial charge in [-0.1, -0.05) is 48.9 Å². The Labute approximate surface area is 153 Å². The first kappa shape index (κ1) is 17.6. The Morgan fingerprint density at radius 2 is 2.00 bits per heavy atom. The first-order chi connectivity index (χ1) is 12.0. The maximum absolute atomic E-state index is 11.8. The van der Waals surface area contributed by atoms with Crippen LogP contribution in [0, 0.1) is 5.92 Å². The van der Waals surface area contributed by atoms with E-state index in [1.807, 2.05) is 12.1 Å². The second kappa shape index (κ2) is 7.36. The molecule has 0 saturated heterocycles. The van der Waals surface area contributed by atoms with Crippen molar-refractivity contribution < 1.29 is 14.3 Å². The molecule has 0 aromatic heterocycles. The Bertz CT molecular complexity index is 761. The molecule has 0 N–H and O–H groups in total. The molecule has 0 spiro atoms. The number of carbonyl (C=O) groups is 1. The second-order valence-electron chi connectivity index (χ2n) is 6.63. The van der Waals surface area contributed by atoms with Crippen LogP contribution in [-0.4, -0.2) is 31.7 Å². The summed E-state index contributed by atoms with van der Waals surface area (Å²) in [6, 6.07) is 14.0. The van der Waals surface area contributed by atoms with Gasteiger partial charge in [-0.25, -0.2) is 4.79 Å². The maximum Gasteiger partial charge on any atom is 0.414 e. The fraction of sp³-hybridized carbons (Fsp3) is 0.350. The summed E-state index contributed by atoms with van der Waals surface area (Å²) in [6.07, 6.45) is 0.490. The lowest BCUT2D eigenvalue weighted by Gasteiger charge is -2.32. The topological polar surface area (TPSA) is 38.8 Å². The van der Waals surface area contributed by atoms with Crippen molar-refractivity contribution in [1.82, 2.24) is 4.90 Å². The van der Waals surface area contributed by atoms with E-state index >= 15 is 0 Å². The van der Waals surface area contributed by atoms with Crippen LogP contribution in [0.5, 0.6) is 11.5 Å². The van der Waals surface area contributed by atoms with Crippen molar-refractivity contribution in [2.45, 2.75) is 19.3 Å². The fourth-order valence-corrected chi connectivity index (χ4v) is 3.25. The summed E-state index contributed by atoms with van der Waals surface area (Å²) in [7, 11) is 3.25. The van der Waals surface area contributed by atoms with Crippen molar-refractivity contribution >= 4 is 17.7 Å². The molecule has 1 heterocycles. The third-order valence-corrected chi connectivity index (χ3v) is 4.91. The van der Waals surface area contributed by atoms with Crippen molar-refractivity contribution in [1.29, 1.82) is 0 Å². The molecule has 4 nitrogen and oxygen atoms in total. The van der Waals surface area contributed by atoms with E-state index in [-0.39, 0.29) is 0 Å². The number of carbonyl (C=O) groups excluding carboxylic acids is 1. The number of benzene rings is 2. The molecule has 1 aliphatic heterocycles. The van der Waals surface area contributed by atoms with Crippen molar-refractivity contribution in [3.8, 4) is 11.5 Å². The van der Waals surface area contributed by atoms with Crippen molar-refractivity contribution in [3.05, 3.63) is 58.6 Å². The molecule has 0 radical (unpaired) electrons. The van der Waals surface area contributed by atoms with E-state index < -0.39 is 6.09 Å². The minimum absolute atomic E-state index is 0.306. The smallest absolute Gasteiger partial charge is 0.414 e. The Kier molecular flexibility index (Phi) is 5.19. The number of nitrogens with zero attached hydrogens (tertiary/aromatic N) is 1.